The van der Waals surface area contributed by atoms with Gasteiger partial charge in [0, 0.05) is 8.04 Å². The third-order valence-electron chi connectivity index (χ3n) is 2.61. The molecule has 0 heterocycles. The van der Waals surface area contributed by atoms with E-state index in [0.717, 1.165) is 8.04 Å². The zero-order valence-corrected chi connectivity index (χ0v) is 15.1. The number of carbonyl (C=O) groups is 1. The molecule has 0 radical (unpaired) electrons. The van der Waals surface area contributed by atoms with E-state index in [2.05, 4.69) is 21.2 Å². The van der Waals surface area contributed by atoms with Gasteiger partial charge in [-0.25, -0.2) is 13.6 Å². The largest absolute Gasteiger partial charge is 0.321 e. The van der Waals surface area contributed by atoms with Crippen LogP contribution in [-0.2, 0) is 10.0 Å². The van der Waals surface area contributed by atoms with E-state index < -0.39 is 15.9 Å². The molecular formula is C13H10BrIN2O3S. The number of primary sulfonamides is 1. The Morgan fingerprint density at radius 3 is 2.52 bits per heavy atom. The van der Waals surface area contributed by atoms with Crippen LogP contribution in [0.15, 0.2) is 51.8 Å². The molecule has 110 valence electrons. The van der Waals surface area contributed by atoms with E-state index in [1.54, 1.807) is 18.2 Å². The Labute approximate surface area is 144 Å². The van der Waals surface area contributed by atoms with Gasteiger partial charge < -0.3 is 5.32 Å². The highest BCUT2D eigenvalue weighted by Crippen LogP contribution is 2.23. The number of carbonyl (C=O) groups excluding carboxylic acids is 1. The van der Waals surface area contributed by atoms with Crippen molar-refractivity contribution in [1.82, 2.24) is 0 Å². The fourth-order valence-electron chi connectivity index (χ4n) is 1.68. The average Bonchev–Trinajstić information content (AvgIpc) is 2.41. The third-order valence-corrected chi connectivity index (χ3v) is 5.02. The van der Waals surface area contributed by atoms with Crippen molar-refractivity contribution < 1.29 is 13.2 Å². The molecule has 0 aromatic heterocycles. The smallest absolute Gasteiger partial charge is 0.256 e. The van der Waals surface area contributed by atoms with Crippen molar-refractivity contribution in [3.63, 3.8) is 0 Å². The van der Waals surface area contributed by atoms with Crippen LogP contribution in [-0.4, -0.2) is 14.3 Å². The van der Waals surface area contributed by atoms with Gasteiger partial charge in [0.1, 0.15) is 4.90 Å². The van der Waals surface area contributed by atoms with Crippen LogP contribution in [0, 0.1) is 3.57 Å². The van der Waals surface area contributed by atoms with Crippen LogP contribution >= 0.6 is 38.5 Å². The minimum absolute atomic E-state index is 0.122. The Balaban J connectivity index is 2.39. The Hall–Kier alpha value is -0.970. The van der Waals surface area contributed by atoms with Gasteiger partial charge in [0.15, 0.2) is 0 Å². The van der Waals surface area contributed by atoms with Crippen LogP contribution in [0.25, 0.3) is 0 Å². The normalized spacial score (nSPS) is 11.2. The topological polar surface area (TPSA) is 89.3 Å². The minimum atomic E-state index is -3.91. The van der Waals surface area contributed by atoms with Gasteiger partial charge in [-0.2, -0.15) is 0 Å². The zero-order valence-electron chi connectivity index (χ0n) is 10.5. The summed E-state index contributed by atoms with van der Waals surface area (Å²) in [7, 11) is -3.91. The summed E-state index contributed by atoms with van der Waals surface area (Å²) in [6.45, 7) is 0. The molecule has 0 aliphatic heterocycles. The van der Waals surface area contributed by atoms with Crippen molar-refractivity contribution in [2.45, 2.75) is 4.90 Å². The van der Waals surface area contributed by atoms with E-state index in [4.69, 9.17) is 5.14 Å². The highest BCUT2D eigenvalue weighted by Gasteiger charge is 2.17. The summed E-state index contributed by atoms with van der Waals surface area (Å²) in [5, 5.41) is 7.72. The molecule has 2 rings (SSSR count). The summed E-state index contributed by atoms with van der Waals surface area (Å²) in [5.74, 6) is -0.406. The van der Waals surface area contributed by atoms with Crippen molar-refractivity contribution in [3.8, 4) is 0 Å². The van der Waals surface area contributed by atoms with Gasteiger partial charge >= 0.3 is 0 Å². The second-order valence-corrected chi connectivity index (χ2v) is 7.73. The SMILES string of the molecule is NS(=O)(=O)c1ccccc1NC(=O)c1cc(Br)ccc1I. The van der Waals surface area contributed by atoms with Crippen LogP contribution in [0.5, 0.6) is 0 Å². The van der Waals surface area contributed by atoms with Crippen molar-refractivity contribution in [2.75, 3.05) is 5.32 Å². The van der Waals surface area contributed by atoms with E-state index in [-0.39, 0.29) is 10.6 Å². The van der Waals surface area contributed by atoms with Gasteiger partial charge in [0.25, 0.3) is 5.91 Å². The van der Waals surface area contributed by atoms with Crippen LogP contribution in [0.2, 0.25) is 0 Å². The molecule has 5 nitrogen and oxygen atoms in total. The van der Waals surface area contributed by atoms with Crippen molar-refractivity contribution in [3.05, 3.63) is 56.1 Å². The van der Waals surface area contributed by atoms with E-state index in [9.17, 15) is 13.2 Å². The van der Waals surface area contributed by atoms with Crippen LogP contribution in [0.1, 0.15) is 10.4 Å². The van der Waals surface area contributed by atoms with Gasteiger partial charge in [-0.1, -0.05) is 28.1 Å². The molecule has 8 heteroatoms. The lowest BCUT2D eigenvalue weighted by Gasteiger charge is -2.10. The van der Waals surface area contributed by atoms with Gasteiger partial charge in [-0.15, -0.1) is 0 Å². The van der Waals surface area contributed by atoms with E-state index >= 15 is 0 Å². The maximum atomic E-state index is 12.3. The fourth-order valence-corrected chi connectivity index (χ4v) is 3.31. The molecule has 0 saturated carbocycles. The van der Waals surface area contributed by atoms with Crippen molar-refractivity contribution in [1.29, 1.82) is 0 Å². The third kappa shape index (κ3) is 4.02. The maximum absolute atomic E-state index is 12.3. The number of nitrogens with two attached hydrogens (primary N) is 1. The number of halogens is 2. The lowest BCUT2D eigenvalue weighted by atomic mass is 10.2. The van der Waals surface area contributed by atoms with Crippen LogP contribution in [0.4, 0.5) is 5.69 Å². The molecule has 0 fully saturated rings. The number of nitrogens with one attached hydrogen (secondary N) is 1. The molecule has 0 unspecified atom stereocenters. The lowest BCUT2D eigenvalue weighted by molar-refractivity contribution is 0.102. The first-order chi connectivity index (χ1) is 9.79. The number of sulfonamides is 1. The van der Waals surface area contributed by atoms with Gasteiger partial charge in [0.2, 0.25) is 10.0 Å². The first kappa shape index (κ1) is 16.4. The Morgan fingerprint density at radius 2 is 1.86 bits per heavy atom. The average molecular weight is 481 g/mol. The molecule has 0 atom stereocenters. The van der Waals surface area contributed by atoms with Gasteiger partial charge in [0.05, 0.1) is 11.3 Å². The van der Waals surface area contributed by atoms with E-state index in [1.165, 1.54) is 18.2 Å². The summed E-state index contributed by atoms with van der Waals surface area (Å²) in [6, 6.07) is 11.3. The van der Waals surface area contributed by atoms with Gasteiger partial charge in [-0.05, 0) is 52.9 Å². The first-order valence-corrected chi connectivity index (χ1v) is 9.09. The van der Waals surface area contributed by atoms with E-state index in [1.807, 2.05) is 28.7 Å². The molecule has 0 spiro atoms. The predicted octanol–water partition coefficient (Wildman–Crippen LogP) is 2.95. The number of amides is 1. The number of anilines is 1. The van der Waals surface area contributed by atoms with Crippen molar-refractivity contribution >= 4 is 60.1 Å². The Bertz CT molecular complexity index is 809. The fraction of sp³-hybridized carbons (Fsp3) is 0. The lowest BCUT2D eigenvalue weighted by Crippen LogP contribution is -2.19. The molecule has 3 N–H and O–H groups in total. The molecule has 1 amide bonds. The number of hydrogen-bond donors (Lipinski definition) is 2. The molecular weight excluding hydrogens is 471 g/mol. The number of rotatable bonds is 3. The Kier molecular flexibility index (Phi) is 5.02. The van der Waals surface area contributed by atoms with Crippen LogP contribution < -0.4 is 10.5 Å². The molecule has 2 aromatic rings. The number of hydrogen-bond acceptors (Lipinski definition) is 3. The molecule has 0 bridgehead atoms. The summed E-state index contributed by atoms with van der Waals surface area (Å²) < 4.78 is 24.5. The summed E-state index contributed by atoms with van der Waals surface area (Å²) in [5.41, 5.74) is 0.593. The molecule has 0 aliphatic carbocycles. The standard InChI is InChI=1S/C13H10BrIN2O3S/c14-8-5-6-10(15)9(7-8)13(18)17-11-3-1-2-4-12(11)21(16,19)20/h1-7H,(H,17,18)(H2,16,19,20). The minimum Gasteiger partial charge on any atom is -0.321 e. The summed E-state index contributed by atoms with van der Waals surface area (Å²) in [4.78, 5) is 12.2. The maximum Gasteiger partial charge on any atom is 0.256 e. The highest BCUT2D eigenvalue weighted by atomic mass is 127. The zero-order chi connectivity index (χ0) is 15.6. The monoisotopic (exact) mass is 480 g/mol. The van der Waals surface area contributed by atoms with Gasteiger partial charge in [-0.3, -0.25) is 4.79 Å². The predicted molar refractivity (Wildman–Crippen MR) is 92.6 cm³/mol. The van der Waals surface area contributed by atoms with E-state index in [0.29, 0.717) is 5.56 Å². The molecule has 0 aliphatic rings. The second kappa shape index (κ2) is 6.42. The first-order valence-electron chi connectivity index (χ1n) is 5.67. The van der Waals surface area contributed by atoms with Crippen molar-refractivity contribution in [2.24, 2.45) is 5.14 Å². The number of para-hydroxylation sites is 1. The summed E-state index contributed by atoms with van der Waals surface area (Å²) >= 11 is 5.33. The summed E-state index contributed by atoms with van der Waals surface area (Å²) in [6.07, 6.45) is 0. The molecule has 21 heavy (non-hydrogen) atoms. The molecule has 2 aromatic carbocycles. The number of benzene rings is 2. The second-order valence-electron chi connectivity index (χ2n) is 4.12. The highest BCUT2D eigenvalue weighted by molar-refractivity contribution is 14.1. The quantitative estimate of drug-likeness (QED) is 0.662. The molecule has 0 saturated heterocycles. The van der Waals surface area contributed by atoms with Crippen LogP contribution in [0.3, 0.4) is 0 Å². The Morgan fingerprint density at radius 1 is 1.19 bits per heavy atom.